The van der Waals surface area contributed by atoms with Gasteiger partial charge in [0.05, 0.1) is 6.04 Å². The first-order chi connectivity index (χ1) is 10.8. The van der Waals surface area contributed by atoms with Crippen molar-refractivity contribution in [3.8, 4) is 0 Å². The highest BCUT2D eigenvalue weighted by Gasteiger charge is 2.30. The summed E-state index contributed by atoms with van der Waals surface area (Å²) < 4.78 is 11.8. The molecular formula is C17H27BrN2O3. The SMILES string of the molecule is CC(NCC1CCCCN1C(=O)OC(C)(C)C)c1ccc(Br)o1. The van der Waals surface area contributed by atoms with Crippen molar-refractivity contribution in [1.82, 2.24) is 10.2 Å². The minimum absolute atomic E-state index is 0.101. The Morgan fingerprint density at radius 1 is 1.48 bits per heavy atom. The van der Waals surface area contributed by atoms with Crippen LogP contribution in [0.25, 0.3) is 0 Å². The van der Waals surface area contributed by atoms with Gasteiger partial charge in [-0.2, -0.15) is 0 Å². The number of hydrogen-bond donors (Lipinski definition) is 1. The van der Waals surface area contributed by atoms with Crippen molar-refractivity contribution < 1.29 is 13.9 Å². The molecule has 1 aliphatic heterocycles. The molecule has 0 aromatic carbocycles. The van der Waals surface area contributed by atoms with Crippen LogP contribution in [0.3, 0.4) is 0 Å². The van der Waals surface area contributed by atoms with Gasteiger partial charge in [-0.05, 0) is 75.0 Å². The number of nitrogens with zero attached hydrogens (tertiary/aromatic N) is 1. The number of carbonyl (C=O) groups excluding carboxylic acids is 1. The number of amides is 1. The second-order valence-corrected chi connectivity index (χ2v) is 7.88. The van der Waals surface area contributed by atoms with Gasteiger partial charge in [-0.25, -0.2) is 4.79 Å². The molecule has 0 radical (unpaired) electrons. The largest absolute Gasteiger partial charge is 0.453 e. The quantitative estimate of drug-likeness (QED) is 0.828. The number of nitrogens with one attached hydrogen (secondary N) is 1. The van der Waals surface area contributed by atoms with E-state index >= 15 is 0 Å². The summed E-state index contributed by atoms with van der Waals surface area (Å²) in [4.78, 5) is 14.3. The van der Waals surface area contributed by atoms with Gasteiger partial charge < -0.3 is 19.4 Å². The minimum Gasteiger partial charge on any atom is -0.453 e. The molecule has 0 saturated carbocycles. The van der Waals surface area contributed by atoms with Gasteiger partial charge >= 0.3 is 6.09 Å². The summed E-state index contributed by atoms with van der Waals surface area (Å²) in [6.45, 7) is 9.27. The van der Waals surface area contributed by atoms with E-state index in [2.05, 4.69) is 28.2 Å². The lowest BCUT2D eigenvalue weighted by molar-refractivity contribution is 0.00965. The zero-order valence-corrected chi connectivity index (χ0v) is 16.0. The highest BCUT2D eigenvalue weighted by atomic mass is 79.9. The van der Waals surface area contributed by atoms with Crippen LogP contribution in [0.15, 0.2) is 21.2 Å². The molecule has 2 rings (SSSR count). The molecule has 1 fully saturated rings. The molecule has 5 nitrogen and oxygen atoms in total. The lowest BCUT2D eigenvalue weighted by atomic mass is 10.0. The first kappa shape index (κ1) is 18.3. The van der Waals surface area contributed by atoms with Gasteiger partial charge in [-0.3, -0.25) is 0 Å². The second-order valence-electron chi connectivity index (χ2n) is 7.10. The highest BCUT2D eigenvalue weighted by Crippen LogP contribution is 2.23. The van der Waals surface area contributed by atoms with Gasteiger partial charge in [0.15, 0.2) is 4.67 Å². The van der Waals surface area contributed by atoms with E-state index in [1.165, 1.54) is 0 Å². The number of halogens is 1. The molecule has 1 aromatic rings. The van der Waals surface area contributed by atoms with Gasteiger partial charge in [0.2, 0.25) is 0 Å². The third-order valence-electron chi connectivity index (χ3n) is 3.94. The summed E-state index contributed by atoms with van der Waals surface area (Å²) in [6, 6.07) is 4.11. The number of rotatable bonds is 4. The van der Waals surface area contributed by atoms with Crippen LogP contribution in [0.4, 0.5) is 4.79 Å². The Hall–Kier alpha value is -1.01. The molecule has 23 heavy (non-hydrogen) atoms. The normalized spacial score (nSPS) is 20.4. The molecular weight excluding hydrogens is 360 g/mol. The molecule has 1 saturated heterocycles. The maximum absolute atomic E-state index is 12.4. The summed E-state index contributed by atoms with van der Waals surface area (Å²) in [5, 5.41) is 3.47. The molecule has 1 aliphatic rings. The Labute approximate surface area is 146 Å². The van der Waals surface area contributed by atoms with Crippen LogP contribution in [0, 0.1) is 0 Å². The van der Waals surface area contributed by atoms with E-state index in [1.54, 1.807) is 0 Å². The van der Waals surface area contributed by atoms with Crippen LogP contribution in [-0.4, -0.2) is 35.7 Å². The average Bonchev–Trinajstić information content (AvgIpc) is 2.90. The van der Waals surface area contributed by atoms with Crippen molar-refractivity contribution in [3.63, 3.8) is 0 Å². The van der Waals surface area contributed by atoms with Crippen LogP contribution in [-0.2, 0) is 4.74 Å². The number of hydrogen-bond acceptors (Lipinski definition) is 4. The molecule has 1 aromatic heterocycles. The fourth-order valence-electron chi connectivity index (χ4n) is 2.75. The number of piperidine rings is 1. The van der Waals surface area contributed by atoms with Gasteiger partial charge in [0.1, 0.15) is 11.4 Å². The van der Waals surface area contributed by atoms with Gasteiger partial charge in [-0.1, -0.05) is 0 Å². The van der Waals surface area contributed by atoms with E-state index in [1.807, 2.05) is 37.8 Å². The molecule has 0 bridgehead atoms. The topological polar surface area (TPSA) is 54.7 Å². The summed E-state index contributed by atoms with van der Waals surface area (Å²) in [6.07, 6.45) is 2.97. The zero-order chi connectivity index (χ0) is 17.0. The number of furan rings is 1. The molecule has 0 aliphatic carbocycles. The number of carbonyl (C=O) groups is 1. The molecule has 2 heterocycles. The maximum Gasteiger partial charge on any atom is 0.410 e. The molecule has 1 amide bonds. The number of ether oxygens (including phenoxy) is 1. The van der Waals surface area contributed by atoms with Gasteiger partial charge in [0.25, 0.3) is 0 Å². The molecule has 1 N–H and O–H groups in total. The third-order valence-corrected chi connectivity index (χ3v) is 4.36. The summed E-state index contributed by atoms with van der Waals surface area (Å²) in [7, 11) is 0. The van der Waals surface area contributed by atoms with E-state index in [0.29, 0.717) is 0 Å². The van der Waals surface area contributed by atoms with Crippen LogP contribution in [0.1, 0.15) is 58.8 Å². The third kappa shape index (κ3) is 5.53. The monoisotopic (exact) mass is 386 g/mol. The number of likely N-dealkylation sites (tertiary alicyclic amines) is 1. The van der Waals surface area contributed by atoms with Crippen LogP contribution in [0.5, 0.6) is 0 Å². The van der Waals surface area contributed by atoms with E-state index in [0.717, 1.165) is 42.8 Å². The Bertz CT molecular complexity index is 524. The standard InChI is InChI=1S/C17H27BrN2O3/c1-12(14-8-9-15(18)22-14)19-11-13-7-5-6-10-20(13)16(21)23-17(2,3)4/h8-9,12-13,19H,5-7,10-11H2,1-4H3. The maximum atomic E-state index is 12.4. The van der Waals surface area contributed by atoms with Crippen LogP contribution in [0.2, 0.25) is 0 Å². The Morgan fingerprint density at radius 3 is 2.83 bits per heavy atom. The zero-order valence-electron chi connectivity index (χ0n) is 14.4. The Balaban J connectivity index is 1.92. The fourth-order valence-corrected chi connectivity index (χ4v) is 3.07. The summed E-state index contributed by atoms with van der Waals surface area (Å²) >= 11 is 3.32. The highest BCUT2D eigenvalue weighted by molar-refractivity contribution is 9.10. The van der Waals surface area contributed by atoms with Crippen molar-refractivity contribution >= 4 is 22.0 Å². The van der Waals surface area contributed by atoms with E-state index in [4.69, 9.17) is 9.15 Å². The van der Waals surface area contributed by atoms with Crippen molar-refractivity contribution in [2.45, 2.75) is 64.6 Å². The molecule has 0 spiro atoms. The van der Waals surface area contributed by atoms with Gasteiger partial charge in [-0.15, -0.1) is 0 Å². The Morgan fingerprint density at radius 2 is 2.22 bits per heavy atom. The predicted molar refractivity (Wildman–Crippen MR) is 93.4 cm³/mol. The predicted octanol–water partition coefficient (Wildman–Crippen LogP) is 4.48. The second kappa shape index (κ2) is 7.71. The fraction of sp³-hybridized carbons (Fsp3) is 0.706. The van der Waals surface area contributed by atoms with Crippen LogP contribution < -0.4 is 5.32 Å². The van der Waals surface area contributed by atoms with E-state index in [9.17, 15) is 4.79 Å². The van der Waals surface area contributed by atoms with Crippen molar-refractivity contribution in [2.75, 3.05) is 13.1 Å². The average molecular weight is 387 g/mol. The smallest absolute Gasteiger partial charge is 0.410 e. The minimum atomic E-state index is -0.458. The van der Waals surface area contributed by atoms with Crippen molar-refractivity contribution in [1.29, 1.82) is 0 Å². The van der Waals surface area contributed by atoms with E-state index in [-0.39, 0.29) is 18.2 Å². The van der Waals surface area contributed by atoms with Crippen LogP contribution >= 0.6 is 15.9 Å². The first-order valence-corrected chi connectivity index (χ1v) is 9.04. The van der Waals surface area contributed by atoms with Crippen molar-refractivity contribution in [2.24, 2.45) is 0 Å². The van der Waals surface area contributed by atoms with Gasteiger partial charge in [0, 0.05) is 19.1 Å². The molecule has 2 unspecified atom stereocenters. The molecule has 130 valence electrons. The molecule has 6 heteroatoms. The summed E-state index contributed by atoms with van der Waals surface area (Å²) in [5.41, 5.74) is -0.458. The molecule has 2 atom stereocenters. The lowest BCUT2D eigenvalue weighted by Gasteiger charge is -2.37. The van der Waals surface area contributed by atoms with E-state index < -0.39 is 5.60 Å². The Kier molecular flexibility index (Phi) is 6.14. The lowest BCUT2D eigenvalue weighted by Crippen LogP contribution is -2.50. The van der Waals surface area contributed by atoms with Crippen molar-refractivity contribution in [3.05, 3.63) is 22.6 Å². The summed E-state index contributed by atoms with van der Waals surface area (Å²) in [5.74, 6) is 0.886. The first-order valence-electron chi connectivity index (χ1n) is 8.24.